The molecular formula is C11H14N4O3. The maximum atomic E-state index is 11.9. The van der Waals surface area contributed by atoms with Crippen molar-refractivity contribution in [3.8, 4) is 12.3 Å². The van der Waals surface area contributed by atoms with Crippen LogP contribution in [0.25, 0.3) is 0 Å². The van der Waals surface area contributed by atoms with Gasteiger partial charge in [-0.1, -0.05) is 5.92 Å². The molecule has 18 heavy (non-hydrogen) atoms. The van der Waals surface area contributed by atoms with Crippen LogP contribution in [0.3, 0.4) is 0 Å². The summed E-state index contributed by atoms with van der Waals surface area (Å²) in [4.78, 5) is 27.5. The van der Waals surface area contributed by atoms with Gasteiger partial charge in [-0.25, -0.2) is 4.98 Å². The lowest BCUT2D eigenvalue weighted by Gasteiger charge is -2.16. The Morgan fingerprint density at radius 3 is 2.89 bits per heavy atom. The van der Waals surface area contributed by atoms with Gasteiger partial charge in [0.2, 0.25) is 0 Å². The molecule has 0 radical (unpaired) electrons. The van der Waals surface area contributed by atoms with Crippen LogP contribution in [0.4, 0.5) is 0 Å². The van der Waals surface area contributed by atoms with E-state index >= 15 is 0 Å². The van der Waals surface area contributed by atoms with Gasteiger partial charge >= 0.3 is 5.97 Å². The molecule has 96 valence electrons. The lowest BCUT2D eigenvalue weighted by atomic mass is 10.3. The number of hydrogen-bond acceptors (Lipinski definition) is 4. The molecule has 0 aliphatic rings. The van der Waals surface area contributed by atoms with E-state index in [4.69, 9.17) is 17.3 Å². The Kier molecular flexibility index (Phi) is 4.90. The molecular weight excluding hydrogens is 236 g/mol. The van der Waals surface area contributed by atoms with Gasteiger partial charge in [-0.2, -0.15) is 0 Å². The molecule has 0 bridgehead atoms. The number of carbonyl (C=O) groups is 2. The maximum Gasteiger partial charge on any atom is 0.323 e. The Balaban J connectivity index is 2.81. The molecule has 1 aromatic heterocycles. The predicted molar refractivity (Wildman–Crippen MR) is 63.7 cm³/mol. The zero-order chi connectivity index (χ0) is 13.5. The third-order valence-corrected chi connectivity index (χ3v) is 2.14. The van der Waals surface area contributed by atoms with Crippen molar-refractivity contribution in [3.05, 3.63) is 18.2 Å². The molecule has 0 fully saturated rings. The van der Waals surface area contributed by atoms with Crippen LogP contribution < -0.4 is 5.73 Å². The molecule has 0 saturated carbocycles. The van der Waals surface area contributed by atoms with Crippen molar-refractivity contribution in [3.63, 3.8) is 0 Å². The quantitative estimate of drug-likeness (QED) is 0.631. The molecule has 0 atom stereocenters. The minimum absolute atomic E-state index is 0.0745. The summed E-state index contributed by atoms with van der Waals surface area (Å²) in [7, 11) is 0. The number of carboxylic acids is 1. The number of nitrogens with two attached hydrogens (primary N) is 1. The summed E-state index contributed by atoms with van der Waals surface area (Å²) < 4.78 is 1.65. The van der Waals surface area contributed by atoms with Gasteiger partial charge in [-0.05, 0) is 0 Å². The SMILES string of the molecule is C#CCN(CC(=O)O)C(=O)c1cn(CCN)cn1. The van der Waals surface area contributed by atoms with Crippen molar-refractivity contribution in [2.75, 3.05) is 19.6 Å². The fraction of sp³-hybridized carbons (Fsp3) is 0.364. The number of aromatic nitrogens is 2. The smallest absolute Gasteiger partial charge is 0.323 e. The average Bonchev–Trinajstić information content (AvgIpc) is 2.76. The fourth-order valence-corrected chi connectivity index (χ4v) is 1.38. The lowest BCUT2D eigenvalue weighted by molar-refractivity contribution is -0.137. The van der Waals surface area contributed by atoms with E-state index in [2.05, 4.69) is 10.9 Å². The van der Waals surface area contributed by atoms with Crippen molar-refractivity contribution in [1.82, 2.24) is 14.5 Å². The average molecular weight is 250 g/mol. The molecule has 0 saturated heterocycles. The molecule has 7 nitrogen and oxygen atoms in total. The second-order valence-electron chi connectivity index (χ2n) is 3.54. The number of aliphatic carboxylic acids is 1. The highest BCUT2D eigenvalue weighted by atomic mass is 16.4. The van der Waals surface area contributed by atoms with Crippen molar-refractivity contribution in [2.45, 2.75) is 6.54 Å². The van der Waals surface area contributed by atoms with Gasteiger partial charge in [-0.3, -0.25) is 9.59 Å². The molecule has 0 aliphatic carbocycles. The molecule has 0 aliphatic heterocycles. The summed E-state index contributed by atoms with van der Waals surface area (Å²) in [5.41, 5.74) is 5.52. The number of nitrogens with zero attached hydrogens (tertiary/aromatic N) is 3. The minimum Gasteiger partial charge on any atom is -0.480 e. The topological polar surface area (TPSA) is 101 Å². The third kappa shape index (κ3) is 3.61. The van der Waals surface area contributed by atoms with E-state index in [0.717, 1.165) is 4.90 Å². The first-order chi connectivity index (χ1) is 8.58. The Morgan fingerprint density at radius 1 is 1.61 bits per heavy atom. The second-order valence-corrected chi connectivity index (χ2v) is 3.54. The molecule has 0 aromatic carbocycles. The summed E-state index contributed by atoms with van der Waals surface area (Å²) in [6.07, 6.45) is 8.08. The van der Waals surface area contributed by atoms with Crippen LogP contribution in [-0.2, 0) is 11.3 Å². The van der Waals surface area contributed by atoms with E-state index in [1.165, 1.54) is 12.5 Å². The first-order valence-corrected chi connectivity index (χ1v) is 5.25. The van der Waals surface area contributed by atoms with E-state index in [1.54, 1.807) is 4.57 Å². The van der Waals surface area contributed by atoms with E-state index < -0.39 is 18.4 Å². The van der Waals surface area contributed by atoms with Crippen LogP contribution in [0, 0.1) is 12.3 Å². The van der Waals surface area contributed by atoms with Gasteiger partial charge < -0.3 is 20.3 Å². The Bertz CT molecular complexity index is 475. The highest BCUT2D eigenvalue weighted by Gasteiger charge is 2.19. The maximum absolute atomic E-state index is 11.9. The predicted octanol–water partition coefficient (Wildman–Crippen LogP) is -0.998. The van der Waals surface area contributed by atoms with Crippen molar-refractivity contribution in [2.24, 2.45) is 5.73 Å². The van der Waals surface area contributed by atoms with Gasteiger partial charge in [0.05, 0.1) is 12.9 Å². The number of carbonyl (C=O) groups excluding carboxylic acids is 1. The van der Waals surface area contributed by atoms with Crippen LogP contribution in [0.2, 0.25) is 0 Å². The number of amides is 1. The largest absolute Gasteiger partial charge is 0.480 e. The fourth-order valence-electron chi connectivity index (χ4n) is 1.38. The number of terminal acetylenes is 1. The van der Waals surface area contributed by atoms with E-state index in [1.807, 2.05) is 0 Å². The number of hydrogen-bond donors (Lipinski definition) is 2. The zero-order valence-electron chi connectivity index (χ0n) is 9.74. The summed E-state index contributed by atoms with van der Waals surface area (Å²) in [6.45, 7) is 0.434. The number of imidazole rings is 1. The Morgan fingerprint density at radius 2 is 2.33 bits per heavy atom. The van der Waals surface area contributed by atoms with Crippen LogP contribution in [0.5, 0.6) is 0 Å². The van der Waals surface area contributed by atoms with Crippen LogP contribution in [-0.4, -0.2) is 51.1 Å². The van der Waals surface area contributed by atoms with E-state index in [9.17, 15) is 9.59 Å². The highest BCUT2D eigenvalue weighted by molar-refractivity contribution is 5.94. The molecule has 1 rings (SSSR count). The molecule has 0 unspecified atom stereocenters. The van der Waals surface area contributed by atoms with Gasteiger partial charge in [-0.15, -0.1) is 6.42 Å². The first-order valence-electron chi connectivity index (χ1n) is 5.25. The monoisotopic (exact) mass is 250 g/mol. The summed E-state index contributed by atoms with van der Waals surface area (Å²) in [6, 6.07) is 0. The van der Waals surface area contributed by atoms with Gasteiger partial charge in [0.25, 0.3) is 5.91 Å². The second kappa shape index (κ2) is 6.42. The Labute approximate surface area is 104 Å². The standard InChI is InChI=1S/C11H14N4O3/c1-2-4-15(7-10(16)17)11(18)9-6-14(5-3-12)8-13-9/h1,6,8H,3-5,7,12H2,(H,16,17). The van der Waals surface area contributed by atoms with Gasteiger partial charge in [0, 0.05) is 19.3 Å². The molecule has 1 aromatic rings. The first kappa shape index (κ1) is 13.7. The van der Waals surface area contributed by atoms with Crippen LogP contribution in [0.1, 0.15) is 10.5 Å². The van der Waals surface area contributed by atoms with Crippen LogP contribution >= 0.6 is 0 Å². The van der Waals surface area contributed by atoms with Crippen LogP contribution in [0.15, 0.2) is 12.5 Å². The lowest BCUT2D eigenvalue weighted by Crippen LogP contribution is -2.36. The molecule has 1 heterocycles. The summed E-state index contributed by atoms with van der Waals surface area (Å²) in [5, 5.41) is 8.69. The summed E-state index contributed by atoms with van der Waals surface area (Å²) in [5.74, 6) is 0.610. The normalized spacial score (nSPS) is 9.78. The van der Waals surface area contributed by atoms with Gasteiger partial charge in [0.1, 0.15) is 12.2 Å². The number of rotatable bonds is 6. The van der Waals surface area contributed by atoms with Crippen molar-refractivity contribution < 1.29 is 14.7 Å². The highest BCUT2D eigenvalue weighted by Crippen LogP contribution is 2.02. The van der Waals surface area contributed by atoms with Gasteiger partial charge in [0.15, 0.2) is 0 Å². The molecule has 7 heteroatoms. The van der Waals surface area contributed by atoms with E-state index in [0.29, 0.717) is 13.1 Å². The summed E-state index contributed by atoms with van der Waals surface area (Å²) >= 11 is 0. The third-order valence-electron chi connectivity index (χ3n) is 2.14. The molecule has 0 spiro atoms. The molecule has 1 amide bonds. The minimum atomic E-state index is -1.13. The van der Waals surface area contributed by atoms with Crippen molar-refractivity contribution in [1.29, 1.82) is 0 Å². The Hall–Kier alpha value is -2.33. The number of carboxylic acid groups (broad SMARTS) is 1. The zero-order valence-corrected chi connectivity index (χ0v) is 9.74. The molecule has 3 N–H and O–H groups in total. The van der Waals surface area contributed by atoms with E-state index in [-0.39, 0.29) is 12.2 Å². The van der Waals surface area contributed by atoms with Crippen molar-refractivity contribution >= 4 is 11.9 Å².